The van der Waals surface area contributed by atoms with Gasteiger partial charge in [-0.1, -0.05) is 15.9 Å². The van der Waals surface area contributed by atoms with Crippen LogP contribution in [0.25, 0.3) is 11.0 Å². The zero-order valence-electron chi connectivity index (χ0n) is 7.41. The normalized spacial score (nSPS) is 10.4. The van der Waals surface area contributed by atoms with Crippen LogP contribution in [0.3, 0.4) is 0 Å². The van der Waals surface area contributed by atoms with Crippen molar-refractivity contribution in [2.24, 2.45) is 0 Å². The van der Waals surface area contributed by atoms with Crippen LogP contribution >= 0.6 is 15.9 Å². The predicted molar refractivity (Wildman–Crippen MR) is 56.7 cm³/mol. The van der Waals surface area contributed by atoms with Gasteiger partial charge in [0.05, 0.1) is 18.6 Å². The minimum absolute atomic E-state index is 0.107. The molecule has 3 nitrogen and oxygen atoms in total. The summed E-state index contributed by atoms with van der Waals surface area (Å²) in [6.45, 7) is 0. The molecule has 0 aliphatic rings. The van der Waals surface area contributed by atoms with Gasteiger partial charge in [0.15, 0.2) is 5.43 Å². The largest absolute Gasteiger partial charge is 0.468 e. The lowest BCUT2D eigenvalue weighted by Gasteiger charge is -2.00. The zero-order valence-corrected chi connectivity index (χ0v) is 9.00. The fraction of sp³-hybridized carbons (Fsp3) is 0.100. The first-order valence-electron chi connectivity index (χ1n) is 3.98. The first-order chi connectivity index (χ1) is 6.70. The van der Waals surface area contributed by atoms with Gasteiger partial charge < -0.3 is 9.15 Å². The Labute approximate surface area is 88.4 Å². The standard InChI is InChI=1S/C10H7BrO3/c1-13-10-5-8(12)7-4-6(11)2-3-9(7)14-10/h2-5H,1H3. The summed E-state index contributed by atoms with van der Waals surface area (Å²) in [5.74, 6) is 0.227. The number of hydrogen-bond acceptors (Lipinski definition) is 3. The molecule has 0 amide bonds. The highest BCUT2D eigenvalue weighted by Crippen LogP contribution is 2.20. The minimum Gasteiger partial charge on any atom is -0.468 e. The van der Waals surface area contributed by atoms with Gasteiger partial charge >= 0.3 is 0 Å². The molecule has 0 aliphatic carbocycles. The molecular weight excluding hydrogens is 248 g/mol. The molecule has 72 valence electrons. The number of hydrogen-bond donors (Lipinski definition) is 0. The molecule has 14 heavy (non-hydrogen) atoms. The van der Waals surface area contributed by atoms with E-state index in [0.717, 1.165) is 4.47 Å². The molecule has 2 aromatic rings. The Morgan fingerprint density at radius 2 is 2.14 bits per heavy atom. The summed E-state index contributed by atoms with van der Waals surface area (Å²) in [7, 11) is 1.46. The van der Waals surface area contributed by atoms with E-state index in [9.17, 15) is 4.79 Å². The van der Waals surface area contributed by atoms with Gasteiger partial charge in [-0.05, 0) is 18.2 Å². The third-order valence-electron chi connectivity index (χ3n) is 1.87. The van der Waals surface area contributed by atoms with Crippen molar-refractivity contribution >= 4 is 26.9 Å². The number of benzene rings is 1. The third kappa shape index (κ3) is 1.53. The fourth-order valence-corrected chi connectivity index (χ4v) is 1.57. The summed E-state index contributed by atoms with van der Waals surface area (Å²) < 4.78 is 11.0. The van der Waals surface area contributed by atoms with Crippen molar-refractivity contribution in [1.29, 1.82) is 0 Å². The molecule has 0 N–H and O–H groups in total. The van der Waals surface area contributed by atoms with E-state index in [1.54, 1.807) is 12.1 Å². The molecule has 1 aromatic carbocycles. The van der Waals surface area contributed by atoms with Crippen molar-refractivity contribution in [2.45, 2.75) is 0 Å². The van der Waals surface area contributed by atoms with Crippen LogP contribution in [0.5, 0.6) is 5.95 Å². The number of halogens is 1. The zero-order chi connectivity index (χ0) is 10.1. The third-order valence-corrected chi connectivity index (χ3v) is 2.36. The quantitative estimate of drug-likeness (QED) is 0.786. The maximum absolute atomic E-state index is 11.5. The molecular formula is C10H7BrO3. The predicted octanol–water partition coefficient (Wildman–Crippen LogP) is 2.56. The molecule has 0 spiro atoms. The van der Waals surface area contributed by atoms with Crippen molar-refractivity contribution in [3.63, 3.8) is 0 Å². The Morgan fingerprint density at radius 1 is 1.36 bits per heavy atom. The van der Waals surface area contributed by atoms with Crippen LogP contribution in [-0.4, -0.2) is 7.11 Å². The summed E-state index contributed by atoms with van der Waals surface area (Å²) in [6, 6.07) is 6.59. The van der Waals surface area contributed by atoms with Gasteiger partial charge in [-0.3, -0.25) is 4.79 Å². The van der Waals surface area contributed by atoms with E-state index >= 15 is 0 Å². The lowest BCUT2D eigenvalue weighted by molar-refractivity contribution is 0.310. The topological polar surface area (TPSA) is 39.4 Å². The molecule has 4 heteroatoms. The second-order valence-corrected chi connectivity index (χ2v) is 3.69. The van der Waals surface area contributed by atoms with E-state index in [1.165, 1.54) is 13.2 Å². The lowest BCUT2D eigenvalue weighted by Crippen LogP contribution is -2.00. The Bertz CT molecular complexity index is 530. The van der Waals surface area contributed by atoms with E-state index in [0.29, 0.717) is 11.0 Å². The average Bonchev–Trinajstić information content (AvgIpc) is 2.19. The van der Waals surface area contributed by atoms with Gasteiger partial charge in [-0.15, -0.1) is 0 Å². The number of fused-ring (bicyclic) bond motifs is 1. The molecule has 0 bridgehead atoms. The fourth-order valence-electron chi connectivity index (χ4n) is 1.21. The smallest absolute Gasteiger partial charge is 0.288 e. The highest BCUT2D eigenvalue weighted by Gasteiger charge is 2.04. The van der Waals surface area contributed by atoms with Crippen LogP contribution in [0, 0.1) is 0 Å². The summed E-state index contributed by atoms with van der Waals surface area (Å²) in [4.78, 5) is 11.5. The van der Waals surface area contributed by atoms with Gasteiger partial charge in [0.1, 0.15) is 5.58 Å². The Hall–Kier alpha value is -1.29. The highest BCUT2D eigenvalue weighted by atomic mass is 79.9. The highest BCUT2D eigenvalue weighted by molar-refractivity contribution is 9.10. The molecule has 0 saturated heterocycles. The first kappa shape index (κ1) is 9.27. The summed E-state index contributed by atoms with van der Waals surface area (Å²) in [5.41, 5.74) is 0.418. The molecule has 0 saturated carbocycles. The van der Waals surface area contributed by atoms with Crippen LogP contribution in [0.15, 0.2) is 37.9 Å². The summed E-state index contributed by atoms with van der Waals surface area (Å²) in [5, 5.41) is 0.542. The van der Waals surface area contributed by atoms with Crippen molar-refractivity contribution in [2.75, 3.05) is 7.11 Å². The van der Waals surface area contributed by atoms with E-state index in [1.807, 2.05) is 6.07 Å². The monoisotopic (exact) mass is 254 g/mol. The SMILES string of the molecule is COc1cc(=O)c2cc(Br)ccc2o1. The molecule has 0 radical (unpaired) electrons. The van der Waals surface area contributed by atoms with Crippen LogP contribution in [0.2, 0.25) is 0 Å². The number of rotatable bonds is 1. The van der Waals surface area contributed by atoms with Crippen molar-refractivity contribution in [1.82, 2.24) is 0 Å². The van der Waals surface area contributed by atoms with Gasteiger partial charge in [0.2, 0.25) is 0 Å². The van der Waals surface area contributed by atoms with Gasteiger partial charge in [-0.2, -0.15) is 0 Å². The van der Waals surface area contributed by atoms with Gasteiger partial charge in [0.25, 0.3) is 5.95 Å². The summed E-state index contributed by atoms with van der Waals surface area (Å²) in [6.07, 6.45) is 0. The second kappa shape index (κ2) is 3.46. The lowest BCUT2D eigenvalue weighted by atomic mass is 10.2. The maximum atomic E-state index is 11.5. The van der Waals surface area contributed by atoms with Crippen molar-refractivity contribution in [3.05, 3.63) is 39.0 Å². The van der Waals surface area contributed by atoms with Gasteiger partial charge in [-0.25, -0.2) is 0 Å². The molecule has 0 unspecified atom stereocenters. The van der Waals surface area contributed by atoms with E-state index in [-0.39, 0.29) is 11.4 Å². The van der Waals surface area contributed by atoms with Crippen LogP contribution in [0.1, 0.15) is 0 Å². The maximum Gasteiger partial charge on any atom is 0.288 e. The van der Waals surface area contributed by atoms with Crippen molar-refractivity contribution < 1.29 is 9.15 Å². The summed E-state index contributed by atoms with van der Waals surface area (Å²) >= 11 is 3.29. The second-order valence-electron chi connectivity index (χ2n) is 2.77. The molecule has 1 aromatic heterocycles. The molecule has 0 fully saturated rings. The van der Waals surface area contributed by atoms with Crippen LogP contribution < -0.4 is 10.2 Å². The average molecular weight is 255 g/mol. The van der Waals surface area contributed by atoms with Crippen LogP contribution in [-0.2, 0) is 0 Å². The van der Waals surface area contributed by atoms with E-state index < -0.39 is 0 Å². The number of ether oxygens (including phenoxy) is 1. The first-order valence-corrected chi connectivity index (χ1v) is 4.77. The molecule has 1 heterocycles. The van der Waals surface area contributed by atoms with Crippen LogP contribution in [0.4, 0.5) is 0 Å². The Kier molecular flexibility index (Phi) is 2.29. The molecule has 2 rings (SSSR count). The molecule has 0 atom stereocenters. The Morgan fingerprint density at radius 3 is 2.86 bits per heavy atom. The van der Waals surface area contributed by atoms with Gasteiger partial charge in [0, 0.05) is 4.47 Å². The molecule has 0 aliphatic heterocycles. The number of methoxy groups -OCH3 is 1. The van der Waals surface area contributed by atoms with E-state index in [4.69, 9.17) is 9.15 Å². The Balaban J connectivity index is 2.83. The van der Waals surface area contributed by atoms with E-state index in [2.05, 4.69) is 15.9 Å². The van der Waals surface area contributed by atoms with Crippen molar-refractivity contribution in [3.8, 4) is 5.95 Å². The minimum atomic E-state index is -0.107.